The molecule has 2 fully saturated rings. The summed E-state index contributed by atoms with van der Waals surface area (Å²) in [6.07, 6.45) is 6.65. The SMILES string of the molecule is COC1CCC2CCC(CC1)C2=NNS(=O)(=O)c1ccc(C)cc1. The van der Waals surface area contributed by atoms with Crippen molar-refractivity contribution >= 4 is 15.7 Å². The number of hydrogen-bond acceptors (Lipinski definition) is 4. The zero-order chi connectivity index (χ0) is 17.2. The Morgan fingerprint density at radius 2 is 1.54 bits per heavy atom. The lowest BCUT2D eigenvalue weighted by Gasteiger charge is -2.24. The van der Waals surface area contributed by atoms with E-state index < -0.39 is 10.0 Å². The maximum atomic E-state index is 12.4. The fraction of sp³-hybridized carbons (Fsp3) is 0.611. The molecule has 1 N–H and O–H groups in total. The van der Waals surface area contributed by atoms with Crippen molar-refractivity contribution in [1.29, 1.82) is 0 Å². The molecule has 6 heteroatoms. The first-order valence-electron chi connectivity index (χ1n) is 8.68. The summed E-state index contributed by atoms with van der Waals surface area (Å²) in [5.41, 5.74) is 2.08. The summed E-state index contributed by atoms with van der Waals surface area (Å²) in [5, 5.41) is 4.37. The molecule has 0 aromatic heterocycles. The van der Waals surface area contributed by atoms with Crippen LogP contribution in [0.1, 0.15) is 44.1 Å². The molecular weight excluding hydrogens is 324 g/mol. The third kappa shape index (κ3) is 3.81. The lowest BCUT2D eigenvalue weighted by molar-refractivity contribution is 0.0801. The van der Waals surface area contributed by atoms with Gasteiger partial charge in [-0.1, -0.05) is 17.7 Å². The Hall–Kier alpha value is -1.40. The molecule has 2 aliphatic rings. The highest BCUT2D eigenvalue weighted by Crippen LogP contribution is 2.38. The van der Waals surface area contributed by atoms with Gasteiger partial charge in [0.1, 0.15) is 0 Å². The summed E-state index contributed by atoms with van der Waals surface area (Å²) >= 11 is 0. The van der Waals surface area contributed by atoms with Gasteiger partial charge in [0.25, 0.3) is 10.0 Å². The molecule has 0 amide bonds. The number of ether oxygens (including phenoxy) is 1. The Morgan fingerprint density at radius 1 is 1.00 bits per heavy atom. The minimum atomic E-state index is -3.59. The Bertz CT molecular complexity index is 679. The largest absolute Gasteiger partial charge is 0.381 e. The van der Waals surface area contributed by atoms with E-state index in [1.54, 1.807) is 31.4 Å². The molecule has 5 nitrogen and oxygen atoms in total. The van der Waals surface area contributed by atoms with E-state index in [1.807, 2.05) is 6.92 Å². The van der Waals surface area contributed by atoms with Crippen molar-refractivity contribution < 1.29 is 13.2 Å². The van der Waals surface area contributed by atoms with E-state index in [1.165, 1.54) is 0 Å². The molecule has 2 unspecified atom stereocenters. The second-order valence-corrected chi connectivity index (χ2v) is 8.59. The molecule has 2 aliphatic carbocycles. The van der Waals surface area contributed by atoms with Crippen LogP contribution in [0.4, 0.5) is 0 Å². The van der Waals surface area contributed by atoms with Crippen LogP contribution >= 0.6 is 0 Å². The zero-order valence-electron chi connectivity index (χ0n) is 14.4. The van der Waals surface area contributed by atoms with Gasteiger partial charge in [0.05, 0.1) is 11.0 Å². The van der Waals surface area contributed by atoms with Crippen LogP contribution in [0.3, 0.4) is 0 Å². The monoisotopic (exact) mass is 350 g/mol. The zero-order valence-corrected chi connectivity index (χ0v) is 15.2. The summed E-state index contributed by atoms with van der Waals surface area (Å²) in [6, 6.07) is 6.83. The summed E-state index contributed by atoms with van der Waals surface area (Å²) in [4.78, 5) is 2.73. The van der Waals surface area contributed by atoms with Crippen LogP contribution in [0.25, 0.3) is 0 Å². The topological polar surface area (TPSA) is 67.8 Å². The second kappa shape index (κ2) is 7.23. The Balaban J connectivity index is 1.75. The van der Waals surface area contributed by atoms with Crippen molar-refractivity contribution in [3.63, 3.8) is 0 Å². The fourth-order valence-corrected chi connectivity index (χ4v) is 4.66. The molecule has 3 rings (SSSR count). The fourth-order valence-electron chi connectivity index (χ4n) is 3.84. The van der Waals surface area contributed by atoms with Crippen LogP contribution in [0.15, 0.2) is 34.3 Å². The van der Waals surface area contributed by atoms with E-state index >= 15 is 0 Å². The van der Waals surface area contributed by atoms with Gasteiger partial charge in [0.15, 0.2) is 0 Å². The van der Waals surface area contributed by atoms with Crippen molar-refractivity contribution in [2.24, 2.45) is 16.9 Å². The van der Waals surface area contributed by atoms with Gasteiger partial charge in [0, 0.05) is 12.8 Å². The summed E-state index contributed by atoms with van der Waals surface area (Å²) in [5.74, 6) is 0.766. The molecule has 2 saturated carbocycles. The number of fused-ring (bicyclic) bond motifs is 2. The van der Waals surface area contributed by atoms with Gasteiger partial charge in [-0.15, -0.1) is 0 Å². The lowest BCUT2D eigenvalue weighted by atomic mass is 9.88. The molecule has 132 valence electrons. The first-order valence-corrected chi connectivity index (χ1v) is 10.2. The van der Waals surface area contributed by atoms with E-state index in [-0.39, 0.29) is 4.90 Å². The Labute approximate surface area is 144 Å². The number of methoxy groups -OCH3 is 1. The van der Waals surface area contributed by atoms with Gasteiger partial charge >= 0.3 is 0 Å². The van der Waals surface area contributed by atoms with Crippen molar-refractivity contribution in [2.45, 2.75) is 56.4 Å². The van der Waals surface area contributed by atoms with E-state index in [2.05, 4.69) is 9.93 Å². The van der Waals surface area contributed by atoms with Gasteiger partial charge in [0.2, 0.25) is 0 Å². The number of rotatable bonds is 4. The van der Waals surface area contributed by atoms with E-state index in [4.69, 9.17) is 4.74 Å². The number of nitrogens with zero attached hydrogens (tertiary/aromatic N) is 1. The molecule has 0 heterocycles. The molecule has 24 heavy (non-hydrogen) atoms. The number of aryl methyl sites for hydroxylation is 1. The number of nitrogens with one attached hydrogen (secondary N) is 1. The van der Waals surface area contributed by atoms with Gasteiger partial charge in [-0.2, -0.15) is 13.5 Å². The molecule has 1 aromatic carbocycles. The van der Waals surface area contributed by atoms with Crippen LogP contribution in [0.5, 0.6) is 0 Å². The predicted octanol–water partition coefficient (Wildman–Crippen LogP) is 3.24. The van der Waals surface area contributed by atoms with Crippen molar-refractivity contribution in [3.05, 3.63) is 29.8 Å². The molecule has 1 aromatic rings. The summed E-state index contributed by atoms with van der Waals surface area (Å²) < 4.78 is 30.4. The highest BCUT2D eigenvalue weighted by molar-refractivity contribution is 7.89. The minimum absolute atomic E-state index is 0.259. The first kappa shape index (κ1) is 17.4. The third-order valence-electron chi connectivity index (χ3n) is 5.33. The number of hydrazone groups is 1. The maximum Gasteiger partial charge on any atom is 0.276 e. The normalized spacial score (nSPS) is 27.4. The van der Waals surface area contributed by atoms with Gasteiger partial charge in [-0.25, -0.2) is 4.83 Å². The van der Waals surface area contributed by atoms with Crippen molar-refractivity contribution in [3.8, 4) is 0 Å². The summed E-state index contributed by atoms with van der Waals surface area (Å²) in [7, 11) is -1.82. The van der Waals surface area contributed by atoms with Gasteiger partial charge in [-0.3, -0.25) is 0 Å². The van der Waals surface area contributed by atoms with E-state index in [9.17, 15) is 8.42 Å². The second-order valence-electron chi connectivity index (χ2n) is 6.93. The number of sulfonamides is 1. The van der Waals surface area contributed by atoms with Crippen LogP contribution < -0.4 is 4.83 Å². The standard InChI is InChI=1S/C18H26N2O3S/c1-13-3-11-17(12-4-13)24(21,22)20-19-18-14-5-6-15(18)8-10-16(23-2)9-7-14/h3-4,11-12,14-16,20H,5-10H2,1-2H3. The average molecular weight is 350 g/mol. The Kier molecular flexibility index (Phi) is 5.25. The van der Waals surface area contributed by atoms with Crippen LogP contribution in [0.2, 0.25) is 0 Å². The van der Waals surface area contributed by atoms with E-state index in [0.717, 1.165) is 49.8 Å². The predicted molar refractivity (Wildman–Crippen MR) is 94.4 cm³/mol. The molecule has 0 saturated heterocycles. The maximum absolute atomic E-state index is 12.4. The summed E-state index contributed by atoms with van der Waals surface area (Å²) in [6.45, 7) is 1.93. The third-order valence-corrected chi connectivity index (χ3v) is 6.56. The number of hydrogen-bond donors (Lipinski definition) is 1. The van der Waals surface area contributed by atoms with Crippen LogP contribution in [-0.2, 0) is 14.8 Å². The molecule has 0 radical (unpaired) electrons. The quantitative estimate of drug-likeness (QED) is 0.848. The highest BCUT2D eigenvalue weighted by Gasteiger charge is 2.35. The van der Waals surface area contributed by atoms with Gasteiger partial charge < -0.3 is 4.74 Å². The molecule has 2 atom stereocenters. The molecular formula is C18H26N2O3S. The minimum Gasteiger partial charge on any atom is -0.381 e. The molecule has 2 bridgehead atoms. The smallest absolute Gasteiger partial charge is 0.276 e. The van der Waals surface area contributed by atoms with Crippen LogP contribution in [-0.4, -0.2) is 27.3 Å². The number of benzene rings is 1. The Morgan fingerprint density at radius 3 is 2.08 bits per heavy atom. The average Bonchev–Trinajstić information content (AvgIpc) is 2.98. The molecule has 0 aliphatic heterocycles. The van der Waals surface area contributed by atoms with Crippen molar-refractivity contribution in [1.82, 2.24) is 4.83 Å². The van der Waals surface area contributed by atoms with Gasteiger partial charge in [-0.05, 0) is 69.4 Å². The van der Waals surface area contributed by atoms with E-state index in [0.29, 0.717) is 17.9 Å². The first-order chi connectivity index (χ1) is 11.5. The lowest BCUT2D eigenvalue weighted by Crippen LogP contribution is -2.27. The molecule has 0 spiro atoms. The van der Waals surface area contributed by atoms with Crippen molar-refractivity contribution in [2.75, 3.05) is 7.11 Å². The highest BCUT2D eigenvalue weighted by atomic mass is 32.2. The van der Waals surface area contributed by atoms with Crippen LogP contribution in [0, 0.1) is 18.8 Å².